The van der Waals surface area contributed by atoms with E-state index in [2.05, 4.69) is 24.6 Å². The van der Waals surface area contributed by atoms with E-state index in [0.717, 1.165) is 17.1 Å². The lowest BCUT2D eigenvalue weighted by Crippen LogP contribution is -2.43. The first-order valence-corrected chi connectivity index (χ1v) is 10.5. The number of benzene rings is 2. The van der Waals surface area contributed by atoms with Crippen LogP contribution < -0.4 is 14.4 Å². The van der Waals surface area contributed by atoms with E-state index in [0.29, 0.717) is 41.4 Å². The average molecular weight is 470 g/mol. The van der Waals surface area contributed by atoms with Gasteiger partial charge in [0.1, 0.15) is 24.0 Å². The molecule has 2 aromatic carbocycles. The number of anilines is 2. The number of aromatic nitrogens is 3. The number of fused-ring (bicyclic) bond motifs is 2. The summed E-state index contributed by atoms with van der Waals surface area (Å²) in [6.45, 7) is 2.77. The van der Waals surface area contributed by atoms with Crippen molar-refractivity contribution in [3.05, 3.63) is 60.3 Å². The molecule has 0 saturated heterocycles. The van der Waals surface area contributed by atoms with Gasteiger partial charge in [-0.25, -0.2) is 9.97 Å². The molecule has 0 spiro atoms. The number of pyridine rings is 1. The monoisotopic (exact) mass is 470 g/mol. The first kappa shape index (κ1) is 22.0. The number of nitrogens with one attached hydrogen (secondary N) is 1. The lowest BCUT2D eigenvalue weighted by atomic mass is 10.1. The van der Waals surface area contributed by atoms with Crippen LogP contribution in [0.3, 0.4) is 0 Å². The number of alkyl halides is 3. The van der Waals surface area contributed by atoms with E-state index in [1.807, 2.05) is 37.3 Å². The lowest BCUT2D eigenvalue weighted by Gasteiger charge is -2.38. The molecule has 4 aromatic rings. The Hall–Kier alpha value is -3.79. The minimum Gasteiger partial charge on any atom is -0.488 e. The van der Waals surface area contributed by atoms with Crippen molar-refractivity contribution in [3.63, 3.8) is 0 Å². The number of methoxy groups -OCH3 is 1. The minimum atomic E-state index is -4.77. The Labute approximate surface area is 193 Å². The van der Waals surface area contributed by atoms with Crippen molar-refractivity contribution < 1.29 is 27.4 Å². The van der Waals surface area contributed by atoms with Crippen LogP contribution in [0.1, 0.15) is 5.56 Å². The SMILES string of the molecule is COCC1COc2c(-c3nc4ccc(OC(F)(F)F)cc4[nH]3)cccc2N1c1ccc(C)cn1. The third kappa shape index (κ3) is 4.24. The first-order chi connectivity index (χ1) is 16.3. The Bertz CT molecular complexity index is 1320. The fourth-order valence-corrected chi connectivity index (χ4v) is 4.04. The van der Waals surface area contributed by atoms with Gasteiger partial charge in [0.05, 0.1) is 34.9 Å². The maximum atomic E-state index is 12.6. The molecule has 1 N–H and O–H groups in total. The van der Waals surface area contributed by atoms with Gasteiger partial charge in [-0.05, 0) is 42.8 Å². The van der Waals surface area contributed by atoms with Crippen LogP contribution in [0.5, 0.6) is 11.5 Å². The van der Waals surface area contributed by atoms with E-state index in [-0.39, 0.29) is 11.8 Å². The number of hydrogen-bond acceptors (Lipinski definition) is 6. The predicted molar refractivity (Wildman–Crippen MR) is 120 cm³/mol. The Morgan fingerprint density at radius 3 is 2.76 bits per heavy atom. The van der Waals surface area contributed by atoms with Crippen molar-refractivity contribution in [2.75, 3.05) is 25.2 Å². The molecule has 1 aliphatic heterocycles. The Morgan fingerprint density at radius 2 is 2.03 bits per heavy atom. The number of halogens is 3. The third-order valence-corrected chi connectivity index (χ3v) is 5.48. The van der Waals surface area contributed by atoms with Gasteiger partial charge >= 0.3 is 6.36 Å². The molecule has 0 aliphatic carbocycles. The fraction of sp³-hybridized carbons (Fsp3) is 0.250. The van der Waals surface area contributed by atoms with Crippen molar-refractivity contribution in [3.8, 4) is 22.9 Å². The van der Waals surface area contributed by atoms with Crippen molar-refractivity contribution in [2.24, 2.45) is 0 Å². The Morgan fingerprint density at radius 1 is 1.18 bits per heavy atom. The Kier molecular flexibility index (Phi) is 5.52. The van der Waals surface area contributed by atoms with Gasteiger partial charge in [0.25, 0.3) is 0 Å². The molecule has 0 fully saturated rings. The highest BCUT2D eigenvalue weighted by Crippen LogP contribution is 2.44. The number of rotatable bonds is 5. The van der Waals surface area contributed by atoms with Crippen LogP contribution in [0.4, 0.5) is 24.7 Å². The zero-order chi connectivity index (χ0) is 23.9. The quantitative estimate of drug-likeness (QED) is 0.422. The van der Waals surface area contributed by atoms with Gasteiger partial charge in [-0.3, -0.25) is 0 Å². The second kappa shape index (κ2) is 8.53. The number of H-pyrrole nitrogens is 1. The van der Waals surface area contributed by atoms with E-state index in [9.17, 15) is 13.2 Å². The van der Waals surface area contributed by atoms with Crippen LogP contribution in [0.25, 0.3) is 22.4 Å². The van der Waals surface area contributed by atoms with Crippen LogP contribution in [-0.2, 0) is 4.74 Å². The number of imidazole rings is 1. The number of ether oxygens (including phenoxy) is 3. The number of para-hydroxylation sites is 1. The highest BCUT2D eigenvalue weighted by atomic mass is 19.4. The summed E-state index contributed by atoms with van der Waals surface area (Å²) in [5.74, 6) is 1.51. The third-order valence-electron chi connectivity index (χ3n) is 5.48. The molecule has 1 unspecified atom stereocenters. The molecule has 3 heterocycles. The van der Waals surface area contributed by atoms with Crippen molar-refractivity contribution in [1.82, 2.24) is 15.0 Å². The van der Waals surface area contributed by atoms with Gasteiger partial charge in [0, 0.05) is 19.4 Å². The highest BCUT2D eigenvalue weighted by Gasteiger charge is 2.33. The molecule has 5 rings (SSSR count). The molecule has 176 valence electrons. The van der Waals surface area contributed by atoms with Gasteiger partial charge in [-0.1, -0.05) is 12.1 Å². The fourth-order valence-electron chi connectivity index (χ4n) is 4.04. The van der Waals surface area contributed by atoms with E-state index >= 15 is 0 Å². The number of aromatic amines is 1. The molecule has 34 heavy (non-hydrogen) atoms. The lowest BCUT2D eigenvalue weighted by molar-refractivity contribution is -0.274. The molecule has 0 amide bonds. The smallest absolute Gasteiger partial charge is 0.488 e. The highest BCUT2D eigenvalue weighted by molar-refractivity contribution is 5.85. The second-order valence-electron chi connectivity index (χ2n) is 7.95. The standard InChI is InChI=1S/C24H21F3N4O3/c1-14-6-9-21(28-11-14)31-15(12-32-2)13-33-22-17(4-3-5-20(22)31)23-29-18-8-7-16(10-19(18)30-23)34-24(25,26)27/h3-11,15H,12-13H2,1-2H3,(H,29,30). The van der Waals surface area contributed by atoms with Crippen LogP contribution >= 0.6 is 0 Å². The molecular weight excluding hydrogens is 449 g/mol. The summed E-state index contributed by atoms with van der Waals surface area (Å²) in [5, 5.41) is 0. The van der Waals surface area contributed by atoms with Crippen LogP contribution in [-0.4, -0.2) is 47.7 Å². The first-order valence-electron chi connectivity index (χ1n) is 10.5. The van der Waals surface area contributed by atoms with Gasteiger partial charge in [0.15, 0.2) is 5.75 Å². The molecule has 10 heteroatoms. The van der Waals surface area contributed by atoms with Crippen LogP contribution in [0.2, 0.25) is 0 Å². The summed E-state index contributed by atoms with van der Waals surface area (Å²) in [7, 11) is 1.64. The van der Waals surface area contributed by atoms with E-state index in [1.54, 1.807) is 13.3 Å². The normalized spacial score (nSPS) is 15.8. The molecule has 0 bridgehead atoms. The summed E-state index contributed by atoms with van der Waals surface area (Å²) in [6.07, 6.45) is -2.97. The number of hydrogen-bond donors (Lipinski definition) is 1. The molecule has 0 radical (unpaired) electrons. The van der Waals surface area contributed by atoms with E-state index in [4.69, 9.17) is 9.47 Å². The summed E-state index contributed by atoms with van der Waals surface area (Å²) in [4.78, 5) is 14.3. The second-order valence-corrected chi connectivity index (χ2v) is 7.95. The minimum absolute atomic E-state index is 0.0966. The maximum Gasteiger partial charge on any atom is 0.573 e. The summed E-state index contributed by atoms with van der Waals surface area (Å²) in [6, 6.07) is 13.5. The maximum absolute atomic E-state index is 12.6. The van der Waals surface area contributed by atoms with Gasteiger partial charge in [0.2, 0.25) is 0 Å². The summed E-state index contributed by atoms with van der Waals surface area (Å²) in [5.41, 5.74) is 3.45. The zero-order valence-corrected chi connectivity index (χ0v) is 18.4. The molecule has 2 aromatic heterocycles. The van der Waals surface area contributed by atoms with Crippen LogP contribution in [0.15, 0.2) is 54.7 Å². The topological polar surface area (TPSA) is 72.5 Å². The van der Waals surface area contributed by atoms with Gasteiger partial charge in [-0.2, -0.15) is 0 Å². The van der Waals surface area contributed by atoms with Gasteiger partial charge in [-0.15, -0.1) is 13.2 Å². The molecule has 1 aliphatic rings. The predicted octanol–water partition coefficient (Wildman–Crippen LogP) is 5.38. The molecule has 1 atom stereocenters. The van der Waals surface area contributed by atoms with E-state index in [1.165, 1.54) is 18.2 Å². The van der Waals surface area contributed by atoms with Crippen molar-refractivity contribution in [1.29, 1.82) is 0 Å². The molecule has 0 saturated carbocycles. The Balaban J connectivity index is 1.57. The number of aryl methyl sites for hydroxylation is 1. The van der Waals surface area contributed by atoms with Crippen molar-refractivity contribution in [2.45, 2.75) is 19.3 Å². The van der Waals surface area contributed by atoms with E-state index < -0.39 is 6.36 Å². The van der Waals surface area contributed by atoms with Crippen molar-refractivity contribution >= 4 is 22.5 Å². The number of nitrogens with zero attached hydrogens (tertiary/aromatic N) is 3. The van der Waals surface area contributed by atoms with Gasteiger partial charge < -0.3 is 24.1 Å². The molecular formula is C24H21F3N4O3. The summed E-state index contributed by atoms with van der Waals surface area (Å²) >= 11 is 0. The largest absolute Gasteiger partial charge is 0.573 e. The summed E-state index contributed by atoms with van der Waals surface area (Å²) < 4.78 is 53.4. The average Bonchev–Trinajstić information content (AvgIpc) is 3.21. The molecule has 7 nitrogen and oxygen atoms in total. The van der Waals surface area contributed by atoms with Crippen LogP contribution in [0, 0.1) is 6.92 Å². The zero-order valence-electron chi connectivity index (χ0n) is 18.4.